The first-order valence-corrected chi connectivity index (χ1v) is 8.54. The number of pyridine rings is 1. The molecule has 1 N–H and O–H groups in total. The Morgan fingerprint density at radius 1 is 1.16 bits per heavy atom. The van der Waals surface area contributed by atoms with Gasteiger partial charge in [-0.25, -0.2) is 0 Å². The minimum absolute atomic E-state index is 0.106. The van der Waals surface area contributed by atoms with Crippen molar-refractivity contribution in [3.05, 3.63) is 71.6 Å². The number of nitrogens with one attached hydrogen (secondary N) is 1. The highest BCUT2D eigenvalue weighted by Gasteiger charge is 2.12. The SMILES string of the molecule is O=C(/C=C/c1cccnc1)NCc1ccccc1CN1CCOCC1. The van der Waals surface area contributed by atoms with Crippen LogP contribution >= 0.6 is 0 Å². The summed E-state index contributed by atoms with van der Waals surface area (Å²) in [5.41, 5.74) is 3.31. The van der Waals surface area contributed by atoms with Crippen LogP contribution in [0.4, 0.5) is 0 Å². The number of nitrogens with zero attached hydrogens (tertiary/aromatic N) is 2. The molecule has 130 valence electrons. The third-order valence-corrected chi connectivity index (χ3v) is 4.18. The van der Waals surface area contributed by atoms with Gasteiger partial charge >= 0.3 is 0 Å². The van der Waals surface area contributed by atoms with Gasteiger partial charge in [0, 0.05) is 44.6 Å². The number of hydrogen-bond acceptors (Lipinski definition) is 4. The summed E-state index contributed by atoms with van der Waals surface area (Å²) in [5, 5.41) is 2.96. The van der Waals surface area contributed by atoms with Crippen LogP contribution in [0.1, 0.15) is 16.7 Å². The average molecular weight is 337 g/mol. The molecule has 2 aromatic rings. The summed E-state index contributed by atoms with van der Waals surface area (Å²) >= 11 is 0. The third-order valence-electron chi connectivity index (χ3n) is 4.18. The first-order valence-electron chi connectivity index (χ1n) is 8.54. The fourth-order valence-corrected chi connectivity index (χ4v) is 2.77. The number of ether oxygens (including phenoxy) is 1. The van der Waals surface area contributed by atoms with Gasteiger partial charge in [-0.15, -0.1) is 0 Å². The predicted molar refractivity (Wildman–Crippen MR) is 97.7 cm³/mol. The van der Waals surface area contributed by atoms with Crippen molar-refractivity contribution in [2.75, 3.05) is 26.3 Å². The molecule has 25 heavy (non-hydrogen) atoms. The van der Waals surface area contributed by atoms with Crippen LogP contribution in [-0.4, -0.2) is 42.1 Å². The van der Waals surface area contributed by atoms with Gasteiger partial charge in [0.2, 0.25) is 5.91 Å². The number of rotatable bonds is 6. The molecule has 0 atom stereocenters. The Balaban J connectivity index is 1.55. The zero-order chi connectivity index (χ0) is 17.3. The molecule has 1 fully saturated rings. The van der Waals surface area contributed by atoms with E-state index in [2.05, 4.69) is 27.3 Å². The largest absolute Gasteiger partial charge is 0.379 e. The van der Waals surface area contributed by atoms with Gasteiger partial charge in [-0.2, -0.15) is 0 Å². The molecule has 1 saturated heterocycles. The van der Waals surface area contributed by atoms with Crippen LogP contribution in [0.5, 0.6) is 0 Å². The Morgan fingerprint density at radius 2 is 1.96 bits per heavy atom. The summed E-state index contributed by atoms with van der Waals surface area (Å²) in [6, 6.07) is 12.0. The molecule has 0 radical (unpaired) electrons. The van der Waals surface area contributed by atoms with Crippen LogP contribution in [-0.2, 0) is 22.6 Å². The van der Waals surface area contributed by atoms with Crippen molar-refractivity contribution in [2.45, 2.75) is 13.1 Å². The van der Waals surface area contributed by atoms with Crippen LogP contribution in [0.3, 0.4) is 0 Å². The van der Waals surface area contributed by atoms with Crippen molar-refractivity contribution in [1.82, 2.24) is 15.2 Å². The maximum Gasteiger partial charge on any atom is 0.244 e. The fourth-order valence-electron chi connectivity index (χ4n) is 2.77. The van der Waals surface area contributed by atoms with E-state index in [0.29, 0.717) is 6.54 Å². The average Bonchev–Trinajstić information content (AvgIpc) is 2.67. The van der Waals surface area contributed by atoms with E-state index in [0.717, 1.165) is 44.0 Å². The normalized spacial score (nSPS) is 15.4. The van der Waals surface area contributed by atoms with Gasteiger partial charge in [0.1, 0.15) is 0 Å². The molecule has 2 heterocycles. The van der Waals surface area contributed by atoms with Crippen LogP contribution in [0.25, 0.3) is 6.08 Å². The van der Waals surface area contributed by atoms with E-state index < -0.39 is 0 Å². The number of amides is 1. The van der Waals surface area contributed by atoms with Crippen molar-refractivity contribution in [3.8, 4) is 0 Å². The summed E-state index contributed by atoms with van der Waals surface area (Å²) in [6.45, 7) is 4.90. The molecule has 1 aromatic carbocycles. The highest BCUT2D eigenvalue weighted by Crippen LogP contribution is 2.13. The van der Waals surface area contributed by atoms with Crippen molar-refractivity contribution >= 4 is 12.0 Å². The smallest absolute Gasteiger partial charge is 0.244 e. The molecule has 5 heteroatoms. The second-order valence-corrected chi connectivity index (χ2v) is 5.99. The molecule has 1 aliphatic heterocycles. The molecule has 1 aromatic heterocycles. The van der Waals surface area contributed by atoms with Crippen LogP contribution < -0.4 is 5.32 Å². The first kappa shape index (κ1) is 17.3. The van der Waals surface area contributed by atoms with Crippen molar-refractivity contribution in [2.24, 2.45) is 0 Å². The van der Waals surface area contributed by atoms with Crippen LogP contribution in [0, 0.1) is 0 Å². The van der Waals surface area contributed by atoms with Gasteiger partial charge in [0.25, 0.3) is 0 Å². The van der Waals surface area contributed by atoms with Gasteiger partial charge in [-0.1, -0.05) is 30.3 Å². The quantitative estimate of drug-likeness (QED) is 0.822. The Labute approximate surface area is 148 Å². The molecule has 5 nitrogen and oxygen atoms in total. The standard InChI is InChI=1S/C20H23N3O2/c24-20(8-7-17-4-3-9-21-14-17)22-15-18-5-1-2-6-19(18)16-23-10-12-25-13-11-23/h1-9,14H,10-13,15-16H2,(H,22,24)/b8-7+. The second-order valence-electron chi connectivity index (χ2n) is 5.99. The first-order chi connectivity index (χ1) is 12.3. The summed E-state index contributed by atoms with van der Waals surface area (Å²) in [4.78, 5) is 18.5. The Kier molecular flexibility index (Phi) is 6.31. The number of morpholine rings is 1. The number of aromatic nitrogens is 1. The lowest BCUT2D eigenvalue weighted by molar-refractivity contribution is -0.116. The minimum Gasteiger partial charge on any atom is -0.379 e. The highest BCUT2D eigenvalue weighted by atomic mass is 16.5. The van der Waals surface area contributed by atoms with Crippen molar-refractivity contribution < 1.29 is 9.53 Å². The zero-order valence-corrected chi connectivity index (χ0v) is 14.2. The fraction of sp³-hybridized carbons (Fsp3) is 0.300. The number of hydrogen-bond donors (Lipinski definition) is 1. The van der Waals surface area contributed by atoms with Gasteiger partial charge in [0.15, 0.2) is 0 Å². The summed E-state index contributed by atoms with van der Waals surface area (Å²) in [6.07, 6.45) is 6.74. The maximum absolute atomic E-state index is 12.0. The lowest BCUT2D eigenvalue weighted by Crippen LogP contribution is -2.36. The molecule has 1 aliphatic rings. The topological polar surface area (TPSA) is 54.5 Å². The number of benzene rings is 1. The van der Waals surface area contributed by atoms with E-state index in [-0.39, 0.29) is 5.91 Å². The predicted octanol–water partition coefficient (Wildman–Crippen LogP) is 2.24. The van der Waals surface area contributed by atoms with E-state index >= 15 is 0 Å². The molecule has 0 bridgehead atoms. The highest BCUT2D eigenvalue weighted by molar-refractivity contribution is 5.91. The maximum atomic E-state index is 12.0. The Morgan fingerprint density at radius 3 is 2.72 bits per heavy atom. The Hall–Kier alpha value is -2.50. The molecule has 0 aliphatic carbocycles. The van der Waals surface area contributed by atoms with Crippen molar-refractivity contribution in [1.29, 1.82) is 0 Å². The van der Waals surface area contributed by atoms with E-state index in [1.165, 1.54) is 5.56 Å². The molecule has 1 amide bonds. The molecule has 0 saturated carbocycles. The summed E-state index contributed by atoms with van der Waals surface area (Å²) in [5.74, 6) is -0.106. The van der Waals surface area contributed by atoms with Crippen LogP contribution in [0.15, 0.2) is 54.9 Å². The molecular weight excluding hydrogens is 314 g/mol. The second kappa shape index (κ2) is 9.11. The lowest BCUT2D eigenvalue weighted by Gasteiger charge is -2.27. The Bertz CT molecular complexity index is 710. The zero-order valence-electron chi connectivity index (χ0n) is 14.2. The lowest BCUT2D eigenvalue weighted by atomic mass is 10.1. The third kappa shape index (κ3) is 5.52. The van der Waals surface area contributed by atoms with E-state index in [1.54, 1.807) is 24.5 Å². The minimum atomic E-state index is -0.106. The number of carbonyl (C=O) groups excluding carboxylic acids is 1. The summed E-state index contributed by atoms with van der Waals surface area (Å²) < 4.78 is 5.40. The summed E-state index contributed by atoms with van der Waals surface area (Å²) in [7, 11) is 0. The van der Waals surface area contributed by atoms with Gasteiger partial charge in [-0.3, -0.25) is 14.7 Å². The molecular formula is C20H23N3O2. The molecule has 3 rings (SSSR count). The van der Waals surface area contributed by atoms with Gasteiger partial charge in [-0.05, 0) is 28.8 Å². The van der Waals surface area contributed by atoms with Crippen molar-refractivity contribution in [3.63, 3.8) is 0 Å². The number of carbonyl (C=O) groups is 1. The van der Waals surface area contributed by atoms with Gasteiger partial charge in [0.05, 0.1) is 13.2 Å². The van der Waals surface area contributed by atoms with Crippen LogP contribution in [0.2, 0.25) is 0 Å². The van der Waals surface area contributed by atoms with E-state index in [9.17, 15) is 4.79 Å². The van der Waals surface area contributed by atoms with E-state index in [1.807, 2.05) is 24.3 Å². The van der Waals surface area contributed by atoms with E-state index in [4.69, 9.17) is 4.74 Å². The molecule has 0 spiro atoms. The monoisotopic (exact) mass is 337 g/mol. The van der Waals surface area contributed by atoms with Gasteiger partial charge < -0.3 is 10.1 Å². The molecule has 0 unspecified atom stereocenters.